The number of carbonyl (C=O) groups excluding carboxylic acids is 2. The van der Waals surface area contributed by atoms with Gasteiger partial charge in [-0.15, -0.1) is 0 Å². The molecular weight excluding hydrogens is 271 g/mol. The highest BCUT2D eigenvalue weighted by molar-refractivity contribution is 5.90. The number of rotatable bonds is 6. The minimum absolute atomic E-state index is 0.00336. The Labute approximate surface area is 124 Å². The van der Waals surface area contributed by atoms with Crippen LogP contribution in [0.25, 0.3) is 0 Å². The Hall–Kier alpha value is -2.17. The second kappa shape index (κ2) is 7.57. The predicted molar refractivity (Wildman–Crippen MR) is 80.0 cm³/mol. The van der Waals surface area contributed by atoms with Gasteiger partial charge in [0.1, 0.15) is 12.4 Å². The van der Waals surface area contributed by atoms with Crippen LogP contribution in [-0.4, -0.2) is 41.8 Å². The summed E-state index contributed by atoms with van der Waals surface area (Å²) in [5.74, 6) is -0.758. The summed E-state index contributed by atoms with van der Waals surface area (Å²) in [4.78, 5) is 26.8. The number of hydrogen-bond donors (Lipinski definition) is 0. The smallest absolute Gasteiger partial charge is 0.246 e. The van der Waals surface area contributed by atoms with E-state index in [2.05, 4.69) is 6.58 Å². The number of benzene rings is 1. The maximum absolute atomic E-state index is 12.9. The van der Waals surface area contributed by atoms with Gasteiger partial charge in [0.25, 0.3) is 0 Å². The molecule has 0 radical (unpaired) electrons. The number of amides is 2. The quantitative estimate of drug-likeness (QED) is 0.755. The van der Waals surface area contributed by atoms with Gasteiger partial charge in [-0.1, -0.05) is 18.7 Å². The van der Waals surface area contributed by atoms with Crippen LogP contribution in [0.5, 0.6) is 0 Å². The van der Waals surface area contributed by atoms with Crippen LogP contribution in [0.15, 0.2) is 36.9 Å². The molecule has 0 saturated carbocycles. The van der Waals surface area contributed by atoms with Gasteiger partial charge >= 0.3 is 0 Å². The standard InChI is InChI=1S/C16H21FN2O2/c1-5-15(20)19(6-2)11-16(21)18(4)12(3)13-7-9-14(17)10-8-13/h5,7-10,12H,1,6,11H2,2-4H3. The lowest BCUT2D eigenvalue weighted by atomic mass is 10.1. The molecule has 21 heavy (non-hydrogen) atoms. The highest BCUT2D eigenvalue weighted by atomic mass is 19.1. The Morgan fingerprint density at radius 1 is 1.33 bits per heavy atom. The Kier molecular flexibility index (Phi) is 6.09. The molecule has 2 amide bonds. The Bertz CT molecular complexity index is 514. The molecule has 0 aliphatic carbocycles. The zero-order valence-corrected chi connectivity index (χ0v) is 12.7. The molecule has 0 bridgehead atoms. The van der Waals surface area contributed by atoms with Crippen LogP contribution in [-0.2, 0) is 9.59 Å². The SMILES string of the molecule is C=CC(=O)N(CC)CC(=O)N(C)C(C)c1ccc(F)cc1. The molecule has 1 aromatic carbocycles. The Balaban J connectivity index is 2.75. The summed E-state index contributed by atoms with van der Waals surface area (Å²) >= 11 is 0. The summed E-state index contributed by atoms with van der Waals surface area (Å²) in [6.45, 7) is 7.53. The minimum Gasteiger partial charge on any atom is -0.337 e. The van der Waals surface area contributed by atoms with Crippen LogP contribution in [0.1, 0.15) is 25.5 Å². The molecule has 1 rings (SSSR count). The van der Waals surface area contributed by atoms with Crippen LogP contribution >= 0.6 is 0 Å². The third kappa shape index (κ3) is 4.41. The van der Waals surface area contributed by atoms with E-state index < -0.39 is 0 Å². The van der Waals surface area contributed by atoms with E-state index in [0.29, 0.717) is 6.54 Å². The van der Waals surface area contributed by atoms with Gasteiger partial charge in [-0.05, 0) is 37.6 Å². The topological polar surface area (TPSA) is 40.6 Å². The van der Waals surface area contributed by atoms with Crippen molar-refractivity contribution in [3.05, 3.63) is 48.3 Å². The first-order chi connectivity index (χ1) is 9.90. The molecule has 1 atom stereocenters. The molecule has 1 aromatic rings. The van der Waals surface area contributed by atoms with Crippen molar-refractivity contribution in [2.24, 2.45) is 0 Å². The number of hydrogen-bond acceptors (Lipinski definition) is 2. The summed E-state index contributed by atoms with van der Waals surface area (Å²) in [7, 11) is 1.67. The molecule has 0 aliphatic heterocycles. The zero-order valence-electron chi connectivity index (χ0n) is 12.7. The monoisotopic (exact) mass is 292 g/mol. The number of likely N-dealkylation sites (N-methyl/N-ethyl adjacent to an activating group) is 2. The molecule has 0 N–H and O–H groups in total. The summed E-state index contributed by atoms with van der Waals surface area (Å²) in [6.07, 6.45) is 1.19. The second-order valence-corrected chi connectivity index (χ2v) is 4.79. The second-order valence-electron chi connectivity index (χ2n) is 4.79. The molecule has 5 heteroatoms. The van der Waals surface area contributed by atoms with Crippen molar-refractivity contribution >= 4 is 11.8 Å². The van der Waals surface area contributed by atoms with E-state index in [9.17, 15) is 14.0 Å². The first kappa shape index (κ1) is 16.9. The Morgan fingerprint density at radius 2 is 1.90 bits per heavy atom. The van der Waals surface area contributed by atoms with Crippen LogP contribution in [0.4, 0.5) is 4.39 Å². The van der Waals surface area contributed by atoms with Crippen molar-refractivity contribution in [1.29, 1.82) is 0 Å². The van der Waals surface area contributed by atoms with Crippen molar-refractivity contribution in [1.82, 2.24) is 9.80 Å². The van der Waals surface area contributed by atoms with E-state index in [0.717, 1.165) is 5.56 Å². The fourth-order valence-electron chi connectivity index (χ4n) is 1.93. The van der Waals surface area contributed by atoms with Gasteiger partial charge in [-0.3, -0.25) is 9.59 Å². The molecule has 0 saturated heterocycles. The Morgan fingerprint density at radius 3 is 2.38 bits per heavy atom. The minimum atomic E-state index is -0.311. The normalized spacial score (nSPS) is 11.6. The lowest BCUT2D eigenvalue weighted by Crippen LogP contribution is -2.41. The number of carbonyl (C=O) groups is 2. The third-order valence-electron chi connectivity index (χ3n) is 3.52. The first-order valence-corrected chi connectivity index (χ1v) is 6.83. The van der Waals surface area contributed by atoms with E-state index in [1.54, 1.807) is 31.0 Å². The summed E-state index contributed by atoms with van der Waals surface area (Å²) in [5, 5.41) is 0. The molecule has 0 aliphatic rings. The maximum Gasteiger partial charge on any atom is 0.246 e. The van der Waals surface area contributed by atoms with Crippen molar-refractivity contribution in [3.8, 4) is 0 Å². The largest absolute Gasteiger partial charge is 0.337 e. The molecule has 4 nitrogen and oxygen atoms in total. The van der Waals surface area contributed by atoms with E-state index >= 15 is 0 Å². The fourth-order valence-corrected chi connectivity index (χ4v) is 1.93. The highest BCUT2D eigenvalue weighted by Crippen LogP contribution is 2.19. The molecule has 114 valence electrons. The number of halogens is 1. The lowest BCUT2D eigenvalue weighted by molar-refractivity contribution is -0.138. The average molecular weight is 292 g/mol. The average Bonchev–Trinajstić information content (AvgIpc) is 2.50. The molecule has 0 fully saturated rings. The van der Waals surface area contributed by atoms with Gasteiger partial charge in [0.15, 0.2) is 0 Å². The van der Waals surface area contributed by atoms with E-state index in [1.807, 2.05) is 6.92 Å². The van der Waals surface area contributed by atoms with E-state index in [-0.39, 0.29) is 30.2 Å². The fraction of sp³-hybridized carbons (Fsp3) is 0.375. The zero-order chi connectivity index (χ0) is 16.0. The van der Waals surface area contributed by atoms with Crippen LogP contribution in [0.2, 0.25) is 0 Å². The van der Waals surface area contributed by atoms with Crippen LogP contribution < -0.4 is 0 Å². The predicted octanol–water partition coefficient (Wildman–Crippen LogP) is 2.38. The number of nitrogens with zero attached hydrogens (tertiary/aromatic N) is 2. The van der Waals surface area contributed by atoms with Crippen molar-refractivity contribution < 1.29 is 14.0 Å². The van der Waals surface area contributed by atoms with Gasteiger partial charge < -0.3 is 9.80 Å². The van der Waals surface area contributed by atoms with Crippen LogP contribution in [0.3, 0.4) is 0 Å². The summed E-state index contributed by atoms with van der Waals surface area (Å²) in [5.41, 5.74) is 0.838. The molecule has 0 aromatic heterocycles. The summed E-state index contributed by atoms with van der Waals surface area (Å²) < 4.78 is 12.9. The first-order valence-electron chi connectivity index (χ1n) is 6.83. The van der Waals surface area contributed by atoms with Crippen molar-refractivity contribution in [3.63, 3.8) is 0 Å². The van der Waals surface area contributed by atoms with Gasteiger partial charge in [0.05, 0.1) is 6.04 Å². The lowest BCUT2D eigenvalue weighted by Gasteiger charge is -2.28. The van der Waals surface area contributed by atoms with Crippen molar-refractivity contribution in [2.45, 2.75) is 19.9 Å². The van der Waals surface area contributed by atoms with Crippen molar-refractivity contribution in [2.75, 3.05) is 20.1 Å². The van der Waals surface area contributed by atoms with Gasteiger partial charge in [-0.2, -0.15) is 0 Å². The summed E-state index contributed by atoms with van der Waals surface area (Å²) in [6, 6.07) is 5.83. The molecule has 0 heterocycles. The van der Waals surface area contributed by atoms with Gasteiger partial charge in [-0.25, -0.2) is 4.39 Å². The van der Waals surface area contributed by atoms with Gasteiger partial charge in [0, 0.05) is 13.6 Å². The molecule has 0 spiro atoms. The maximum atomic E-state index is 12.9. The molecular formula is C16H21FN2O2. The van der Waals surface area contributed by atoms with Gasteiger partial charge in [0.2, 0.25) is 11.8 Å². The highest BCUT2D eigenvalue weighted by Gasteiger charge is 2.20. The third-order valence-corrected chi connectivity index (χ3v) is 3.52. The van der Waals surface area contributed by atoms with E-state index in [4.69, 9.17) is 0 Å². The molecule has 1 unspecified atom stereocenters. The van der Waals surface area contributed by atoms with E-state index in [1.165, 1.54) is 23.1 Å². The van der Waals surface area contributed by atoms with Crippen LogP contribution in [0, 0.1) is 5.82 Å².